The van der Waals surface area contributed by atoms with Gasteiger partial charge in [0.2, 0.25) is 0 Å². The first-order chi connectivity index (χ1) is 8.99. The van der Waals surface area contributed by atoms with E-state index in [1.807, 2.05) is 24.3 Å². The molecule has 0 aliphatic rings. The molecule has 2 rings (SSSR count). The largest absolute Gasteiger partial charge is 0.328 e. The summed E-state index contributed by atoms with van der Waals surface area (Å²) in [7, 11) is 0. The Bertz CT molecular complexity index is 684. The van der Waals surface area contributed by atoms with Gasteiger partial charge in [-0.1, -0.05) is 38.1 Å². The molecular weight excluding hydrogens is 308 g/mol. The van der Waals surface area contributed by atoms with Crippen molar-refractivity contribution in [2.45, 2.75) is 26.3 Å². The maximum atomic E-state index is 11.9. The average molecular weight is 323 g/mol. The predicted octanol–water partition coefficient (Wildman–Crippen LogP) is 2.47. The molecule has 4 nitrogen and oxygen atoms in total. The molecule has 0 radical (unpaired) electrons. The first-order valence-corrected chi connectivity index (χ1v) is 6.85. The quantitative estimate of drug-likeness (QED) is 0.943. The van der Waals surface area contributed by atoms with Gasteiger partial charge in [-0.15, -0.1) is 0 Å². The third kappa shape index (κ3) is 3.04. The Kier molecular flexibility index (Phi) is 4.04. The van der Waals surface area contributed by atoms with Crippen LogP contribution in [-0.4, -0.2) is 9.55 Å². The minimum atomic E-state index is -0.402. The lowest BCUT2D eigenvalue weighted by molar-refractivity contribution is 0.693. The van der Waals surface area contributed by atoms with Crippen molar-refractivity contribution in [1.82, 2.24) is 9.55 Å². The molecule has 0 amide bonds. The van der Waals surface area contributed by atoms with Crippen molar-refractivity contribution in [2.24, 2.45) is 0 Å². The highest BCUT2D eigenvalue weighted by atomic mass is 79.9. The van der Waals surface area contributed by atoms with Gasteiger partial charge in [-0.25, -0.2) is 4.79 Å². The molecule has 0 aliphatic heterocycles. The molecule has 5 heteroatoms. The van der Waals surface area contributed by atoms with Crippen LogP contribution in [0.25, 0.3) is 0 Å². The molecule has 100 valence electrons. The van der Waals surface area contributed by atoms with Crippen LogP contribution < -0.4 is 11.2 Å². The van der Waals surface area contributed by atoms with Crippen LogP contribution in [0.5, 0.6) is 0 Å². The molecule has 1 heterocycles. The van der Waals surface area contributed by atoms with Crippen LogP contribution >= 0.6 is 15.9 Å². The molecular formula is C14H15BrN2O2. The fraction of sp³-hybridized carbons (Fsp3) is 0.286. The lowest BCUT2D eigenvalue weighted by Gasteiger charge is -2.08. The zero-order valence-corrected chi connectivity index (χ0v) is 12.4. The fourth-order valence-electron chi connectivity index (χ4n) is 1.82. The Morgan fingerprint density at radius 2 is 1.84 bits per heavy atom. The number of benzene rings is 1. The van der Waals surface area contributed by atoms with E-state index in [1.54, 1.807) is 0 Å². The maximum absolute atomic E-state index is 11.9. The number of hydrogen-bond acceptors (Lipinski definition) is 2. The molecule has 1 N–H and O–H groups in total. The van der Waals surface area contributed by atoms with E-state index in [2.05, 4.69) is 34.8 Å². The van der Waals surface area contributed by atoms with Gasteiger partial charge in [0.15, 0.2) is 0 Å². The lowest BCUT2D eigenvalue weighted by atomic mass is 10.0. The number of rotatable bonds is 3. The number of halogens is 1. The van der Waals surface area contributed by atoms with E-state index >= 15 is 0 Å². The van der Waals surface area contributed by atoms with Gasteiger partial charge in [0.05, 0.1) is 11.0 Å². The Morgan fingerprint density at radius 3 is 2.42 bits per heavy atom. The number of nitrogens with one attached hydrogen (secondary N) is 1. The summed E-state index contributed by atoms with van der Waals surface area (Å²) in [6.45, 7) is 4.52. The zero-order chi connectivity index (χ0) is 14.0. The van der Waals surface area contributed by atoms with Crippen molar-refractivity contribution < 1.29 is 0 Å². The highest BCUT2D eigenvalue weighted by Crippen LogP contribution is 2.14. The Balaban J connectivity index is 2.34. The number of aromatic amines is 1. The highest BCUT2D eigenvalue weighted by Gasteiger charge is 2.06. The summed E-state index contributed by atoms with van der Waals surface area (Å²) < 4.78 is 1.53. The second-order valence-corrected chi connectivity index (χ2v) is 5.58. The zero-order valence-electron chi connectivity index (χ0n) is 10.8. The minimum absolute atomic E-state index is 0.270. The van der Waals surface area contributed by atoms with Crippen molar-refractivity contribution in [3.8, 4) is 0 Å². The summed E-state index contributed by atoms with van der Waals surface area (Å²) in [5.41, 5.74) is 1.44. The number of aromatic nitrogens is 2. The summed E-state index contributed by atoms with van der Waals surface area (Å²) >= 11 is 3.12. The van der Waals surface area contributed by atoms with E-state index in [1.165, 1.54) is 16.3 Å². The summed E-state index contributed by atoms with van der Waals surface area (Å²) in [5, 5.41) is 0. The topological polar surface area (TPSA) is 54.9 Å². The van der Waals surface area contributed by atoms with E-state index in [4.69, 9.17) is 0 Å². The van der Waals surface area contributed by atoms with Gasteiger partial charge >= 0.3 is 5.69 Å². The number of hydrogen-bond donors (Lipinski definition) is 1. The molecule has 2 aromatic rings. The molecule has 19 heavy (non-hydrogen) atoms. The second-order valence-electron chi connectivity index (χ2n) is 4.73. The normalized spacial score (nSPS) is 10.9. The van der Waals surface area contributed by atoms with E-state index in [0.29, 0.717) is 10.4 Å². The molecule has 0 fully saturated rings. The molecule has 1 aromatic heterocycles. The van der Waals surface area contributed by atoms with Crippen molar-refractivity contribution in [3.63, 3.8) is 0 Å². The van der Waals surface area contributed by atoms with Gasteiger partial charge < -0.3 is 4.98 Å². The number of nitrogens with zero attached hydrogens (tertiary/aromatic N) is 1. The van der Waals surface area contributed by atoms with Gasteiger partial charge in [0.25, 0.3) is 5.56 Å². The van der Waals surface area contributed by atoms with Gasteiger partial charge in [0, 0.05) is 6.20 Å². The van der Waals surface area contributed by atoms with Crippen molar-refractivity contribution >= 4 is 15.9 Å². The lowest BCUT2D eigenvalue weighted by Crippen LogP contribution is -2.35. The molecule has 0 bridgehead atoms. The van der Waals surface area contributed by atoms with Crippen molar-refractivity contribution in [1.29, 1.82) is 0 Å². The Morgan fingerprint density at radius 1 is 1.21 bits per heavy atom. The summed E-state index contributed by atoms with van der Waals surface area (Å²) in [4.78, 5) is 26.0. The monoisotopic (exact) mass is 322 g/mol. The third-order valence-corrected chi connectivity index (χ3v) is 3.57. The van der Waals surface area contributed by atoms with Crippen LogP contribution in [0.4, 0.5) is 0 Å². The van der Waals surface area contributed by atoms with E-state index < -0.39 is 5.69 Å². The first-order valence-electron chi connectivity index (χ1n) is 6.06. The first kappa shape index (κ1) is 13.8. The van der Waals surface area contributed by atoms with E-state index in [0.717, 1.165) is 5.56 Å². The molecule has 0 saturated heterocycles. The van der Waals surface area contributed by atoms with Gasteiger partial charge in [-0.3, -0.25) is 9.36 Å². The molecule has 0 spiro atoms. The van der Waals surface area contributed by atoms with Gasteiger partial charge in [-0.05, 0) is 33.0 Å². The van der Waals surface area contributed by atoms with Crippen LogP contribution in [0.1, 0.15) is 30.9 Å². The Hall–Kier alpha value is -1.62. The third-order valence-electron chi connectivity index (χ3n) is 3.00. The average Bonchev–Trinajstić information content (AvgIpc) is 2.40. The minimum Gasteiger partial charge on any atom is -0.313 e. The van der Waals surface area contributed by atoms with Gasteiger partial charge in [-0.2, -0.15) is 0 Å². The smallest absolute Gasteiger partial charge is 0.313 e. The summed E-state index contributed by atoms with van der Waals surface area (Å²) in [5.74, 6) is 0.464. The summed E-state index contributed by atoms with van der Waals surface area (Å²) in [6, 6.07) is 7.94. The molecule has 0 atom stereocenters. The van der Waals surface area contributed by atoms with E-state index in [9.17, 15) is 9.59 Å². The standard InChI is InChI=1S/C14H15BrN2O2/c1-9(2)11-5-3-10(4-6-11)8-17-13(18)12(15)7-16-14(17)19/h3-7,9H,8H2,1-2H3,(H,16,19). The molecule has 0 aliphatic carbocycles. The van der Waals surface area contributed by atoms with Gasteiger partial charge in [0.1, 0.15) is 0 Å². The van der Waals surface area contributed by atoms with Crippen LogP contribution in [0, 0.1) is 0 Å². The second kappa shape index (κ2) is 5.57. The Labute approximate surface area is 119 Å². The predicted molar refractivity (Wildman–Crippen MR) is 78.7 cm³/mol. The van der Waals surface area contributed by atoms with Crippen LogP contribution in [-0.2, 0) is 6.54 Å². The molecule has 0 unspecified atom stereocenters. The SMILES string of the molecule is CC(C)c1ccc(Cn2c(=O)[nH]cc(Br)c2=O)cc1. The van der Waals surface area contributed by atoms with Crippen LogP contribution in [0.3, 0.4) is 0 Å². The summed E-state index contributed by atoms with van der Waals surface area (Å²) in [6.07, 6.45) is 1.36. The maximum Gasteiger partial charge on any atom is 0.328 e. The van der Waals surface area contributed by atoms with Crippen molar-refractivity contribution in [2.75, 3.05) is 0 Å². The van der Waals surface area contributed by atoms with Crippen LogP contribution in [0.15, 0.2) is 44.5 Å². The number of H-pyrrole nitrogens is 1. The molecule has 0 saturated carbocycles. The molecule has 1 aromatic carbocycles. The van der Waals surface area contributed by atoms with Crippen molar-refractivity contribution in [3.05, 3.63) is 66.9 Å². The van der Waals surface area contributed by atoms with E-state index in [-0.39, 0.29) is 12.1 Å². The fourth-order valence-corrected chi connectivity index (χ4v) is 2.15. The van der Waals surface area contributed by atoms with Crippen LogP contribution in [0.2, 0.25) is 0 Å². The highest BCUT2D eigenvalue weighted by molar-refractivity contribution is 9.10.